The van der Waals surface area contributed by atoms with E-state index in [0.717, 1.165) is 22.0 Å². The summed E-state index contributed by atoms with van der Waals surface area (Å²) in [6, 6.07) is 21.5. The molecule has 0 spiro atoms. The highest BCUT2D eigenvalue weighted by atomic mass is 35.5. The van der Waals surface area contributed by atoms with Crippen LogP contribution in [0.25, 0.3) is 21.8 Å². The Labute approximate surface area is 306 Å². The predicted molar refractivity (Wildman–Crippen MR) is 197 cm³/mol. The molecule has 2 amide bonds. The molecule has 8 nitrogen and oxygen atoms in total. The number of rotatable bonds is 8. The van der Waals surface area contributed by atoms with Crippen molar-refractivity contribution in [1.29, 1.82) is 0 Å². The van der Waals surface area contributed by atoms with Crippen molar-refractivity contribution in [1.82, 2.24) is 30.2 Å². The number of fused-ring (bicyclic) bond motifs is 2. The number of hydrogen-bond acceptors (Lipinski definition) is 4. The van der Waals surface area contributed by atoms with Crippen molar-refractivity contribution in [2.45, 2.75) is 26.9 Å². The summed E-state index contributed by atoms with van der Waals surface area (Å²) in [6.45, 7) is 5.58. The highest BCUT2D eigenvalue weighted by Gasteiger charge is 2.21. The zero-order valence-electron chi connectivity index (χ0n) is 25.6. The summed E-state index contributed by atoms with van der Waals surface area (Å²) in [4.78, 5) is 24.5. The summed E-state index contributed by atoms with van der Waals surface area (Å²) >= 11 is 36.8. The third kappa shape index (κ3) is 8.03. The summed E-state index contributed by atoms with van der Waals surface area (Å²) in [5.74, 6) is -0.462. The first-order valence-electron chi connectivity index (χ1n) is 14.8. The van der Waals surface area contributed by atoms with Gasteiger partial charge in [0, 0.05) is 49.0 Å². The molecule has 0 saturated heterocycles. The van der Waals surface area contributed by atoms with Gasteiger partial charge in [-0.1, -0.05) is 99.9 Å². The van der Waals surface area contributed by atoms with E-state index in [-0.39, 0.29) is 17.5 Å². The van der Waals surface area contributed by atoms with Crippen LogP contribution < -0.4 is 10.6 Å². The van der Waals surface area contributed by atoms with E-state index < -0.39 is 0 Å². The molecule has 0 bridgehead atoms. The SMILES string of the molecule is CCNC(=O)c1nn(Cc2ccc(Cl)cc2Cl)c2c(Cl)cc(Cl)cc12.CCNC(=O)c1nn(Cc2ccc(Cl)cc2Cl)c2ccccc12. The molecule has 4 aromatic carbocycles. The molecule has 2 aromatic heterocycles. The van der Waals surface area contributed by atoms with Crippen LogP contribution in [0.15, 0.2) is 72.8 Å². The number of para-hydroxylation sites is 1. The van der Waals surface area contributed by atoms with Gasteiger partial charge < -0.3 is 10.6 Å². The fourth-order valence-electron chi connectivity index (χ4n) is 5.04. The molecule has 0 fully saturated rings. The molecular formula is C34H28Cl6N6O2. The van der Waals surface area contributed by atoms with Crippen LogP contribution in [-0.2, 0) is 13.1 Å². The van der Waals surface area contributed by atoms with Crippen molar-refractivity contribution in [3.63, 3.8) is 0 Å². The van der Waals surface area contributed by atoms with Gasteiger partial charge in [-0.05, 0) is 67.4 Å². The largest absolute Gasteiger partial charge is 0.351 e. The lowest BCUT2D eigenvalue weighted by atomic mass is 10.2. The number of nitrogens with one attached hydrogen (secondary N) is 2. The normalized spacial score (nSPS) is 11.0. The van der Waals surface area contributed by atoms with Gasteiger partial charge in [0.2, 0.25) is 0 Å². The minimum atomic E-state index is -0.285. The third-order valence-corrected chi connectivity index (χ3v) is 8.88. The standard InChI is InChI=1S/C17H13Cl4N3O.C17H15Cl2N3O/c1-2-22-17(25)15-12-5-11(19)7-14(21)16(12)24(23-15)8-9-3-4-10(18)6-13(9)20;1-2-20-17(23)16-13-5-3-4-6-15(13)22(21-16)10-11-7-8-12(18)9-14(11)19/h3-7H,2,8H2,1H3,(H,22,25);3-9H,2,10H2,1H3,(H,20,23). The van der Waals surface area contributed by atoms with Crippen molar-refractivity contribution in [3.8, 4) is 0 Å². The molecule has 14 heteroatoms. The molecule has 6 aromatic rings. The summed E-state index contributed by atoms with van der Waals surface area (Å²) < 4.78 is 3.43. The minimum Gasteiger partial charge on any atom is -0.351 e. The number of carbonyl (C=O) groups excluding carboxylic acids is 2. The first-order chi connectivity index (χ1) is 23.0. The Kier molecular flexibility index (Phi) is 11.8. The van der Waals surface area contributed by atoms with Crippen molar-refractivity contribution in [2.75, 3.05) is 13.1 Å². The molecule has 248 valence electrons. The number of hydrogen-bond donors (Lipinski definition) is 2. The van der Waals surface area contributed by atoms with Gasteiger partial charge in [-0.3, -0.25) is 19.0 Å². The van der Waals surface area contributed by atoms with E-state index in [4.69, 9.17) is 69.6 Å². The highest BCUT2D eigenvalue weighted by Crippen LogP contribution is 2.32. The number of nitrogens with zero attached hydrogens (tertiary/aromatic N) is 4. The Morgan fingerprint density at radius 1 is 0.604 bits per heavy atom. The van der Waals surface area contributed by atoms with Gasteiger partial charge in [0.25, 0.3) is 11.8 Å². The summed E-state index contributed by atoms with van der Waals surface area (Å²) in [6.07, 6.45) is 0. The van der Waals surface area contributed by atoms with Gasteiger partial charge in [-0.15, -0.1) is 0 Å². The molecule has 2 heterocycles. The maximum atomic E-state index is 12.3. The van der Waals surface area contributed by atoms with Crippen molar-refractivity contribution in [3.05, 3.63) is 125 Å². The lowest BCUT2D eigenvalue weighted by Gasteiger charge is -2.07. The number of carbonyl (C=O) groups is 2. The van der Waals surface area contributed by atoms with E-state index in [1.165, 1.54) is 0 Å². The lowest BCUT2D eigenvalue weighted by Crippen LogP contribution is -2.23. The summed E-state index contributed by atoms with van der Waals surface area (Å²) in [5.41, 5.74) is 3.91. The molecule has 0 radical (unpaired) electrons. The maximum Gasteiger partial charge on any atom is 0.272 e. The zero-order valence-corrected chi connectivity index (χ0v) is 30.2. The zero-order chi connectivity index (χ0) is 34.5. The number of aromatic nitrogens is 4. The van der Waals surface area contributed by atoms with Gasteiger partial charge in [0.15, 0.2) is 11.4 Å². The smallest absolute Gasteiger partial charge is 0.272 e. The van der Waals surface area contributed by atoms with Gasteiger partial charge in [0.1, 0.15) is 0 Å². The highest BCUT2D eigenvalue weighted by molar-refractivity contribution is 6.39. The molecule has 0 saturated carbocycles. The topological polar surface area (TPSA) is 93.8 Å². The van der Waals surface area contributed by atoms with Crippen LogP contribution in [0.3, 0.4) is 0 Å². The van der Waals surface area contributed by atoms with Crippen LogP contribution in [-0.4, -0.2) is 44.5 Å². The van der Waals surface area contributed by atoms with Gasteiger partial charge in [0.05, 0.1) is 29.1 Å². The average Bonchev–Trinajstić information content (AvgIpc) is 3.59. The van der Waals surface area contributed by atoms with Crippen LogP contribution in [0.5, 0.6) is 0 Å². The maximum absolute atomic E-state index is 12.3. The quantitative estimate of drug-likeness (QED) is 0.162. The average molecular weight is 765 g/mol. The monoisotopic (exact) mass is 762 g/mol. The molecule has 2 N–H and O–H groups in total. The molecule has 0 aliphatic heterocycles. The van der Waals surface area contributed by atoms with Crippen LogP contribution in [0.2, 0.25) is 30.1 Å². The van der Waals surface area contributed by atoms with Gasteiger partial charge in [-0.2, -0.15) is 10.2 Å². The molecule has 48 heavy (non-hydrogen) atoms. The third-order valence-electron chi connectivity index (χ3n) is 7.20. The molecule has 0 aliphatic carbocycles. The Morgan fingerprint density at radius 3 is 1.67 bits per heavy atom. The number of amides is 2. The van der Waals surface area contributed by atoms with Gasteiger partial charge >= 0.3 is 0 Å². The number of benzene rings is 4. The predicted octanol–water partition coefficient (Wildman–Crippen LogP) is 9.59. The van der Waals surface area contributed by atoms with E-state index in [1.54, 1.807) is 45.8 Å². The Morgan fingerprint density at radius 2 is 1.10 bits per heavy atom. The molecule has 0 unspecified atom stereocenters. The first kappa shape index (κ1) is 35.8. The second-order valence-corrected chi connectivity index (χ2v) is 13.0. The van der Waals surface area contributed by atoms with Gasteiger partial charge in [-0.25, -0.2) is 0 Å². The van der Waals surface area contributed by atoms with Crippen LogP contribution >= 0.6 is 69.6 Å². The van der Waals surface area contributed by atoms with E-state index >= 15 is 0 Å². The fraction of sp³-hybridized carbons (Fsp3) is 0.176. The fourth-order valence-corrected chi connectivity index (χ4v) is 6.57. The second-order valence-electron chi connectivity index (χ2n) is 10.5. The number of halogens is 6. The molecule has 6 rings (SSSR count). The summed E-state index contributed by atoms with van der Waals surface area (Å²) in [7, 11) is 0. The van der Waals surface area contributed by atoms with Crippen molar-refractivity contribution >= 4 is 103 Å². The second kappa shape index (κ2) is 15.8. The van der Waals surface area contributed by atoms with Crippen LogP contribution in [0.4, 0.5) is 0 Å². The van der Waals surface area contributed by atoms with Crippen molar-refractivity contribution in [2.24, 2.45) is 0 Å². The van der Waals surface area contributed by atoms with E-state index in [2.05, 4.69) is 20.8 Å². The van der Waals surface area contributed by atoms with E-state index in [9.17, 15) is 9.59 Å². The molecule has 0 atom stereocenters. The van der Waals surface area contributed by atoms with E-state index in [0.29, 0.717) is 72.9 Å². The van der Waals surface area contributed by atoms with Crippen molar-refractivity contribution < 1.29 is 9.59 Å². The first-order valence-corrected chi connectivity index (χ1v) is 17.0. The minimum absolute atomic E-state index is 0.176. The van der Waals surface area contributed by atoms with Crippen LogP contribution in [0.1, 0.15) is 46.0 Å². The molecular weight excluding hydrogens is 737 g/mol. The Bertz CT molecular complexity index is 2140. The Balaban J connectivity index is 0.000000188. The molecule has 0 aliphatic rings. The summed E-state index contributed by atoms with van der Waals surface area (Å²) in [5, 5.41) is 19.0. The van der Waals surface area contributed by atoms with E-state index in [1.807, 2.05) is 50.2 Å². The van der Waals surface area contributed by atoms with Crippen LogP contribution in [0, 0.1) is 0 Å². The lowest BCUT2D eigenvalue weighted by molar-refractivity contribution is 0.0943. The Hall–Kier alpha value is -3.50.